The summed E-state index contributed by atoms with van der Waals surface area (Å²) in [6, 6.07) is 9.88. The van der Waals surface area contributed by atoms with Gasteiger partial charge in [0.1, 0.15) is 0 Å². The van der Waals surface area contributed by atoms with Crippen LogP contribution in [0, 0.1) is 0 Å². The van der Waals surface area contributed by atoms with E-state index in [4.69, 9.17) is 9.47 Å². The summed E-state index contributed by atoms with van der Waals surface area (Å²) in [6.45, 7) is 2.01. The van der Waals surface area contributed by atoms with Crippen LogP contribution < -0.4 is 0 Å². The van der Waals surface area contributed by atoms with E-state index >= 15 is 0 Å². The van der Waals surface area contributed by atoms with Crippen molar-refractivity contribution in [2.75, 3.05) is 13.7 Å². The monoisotopic (exact) mass is 259 g/mol. The number of ether oxygens (including phenoxy) is 2. The molecule has 0 heterocycles. The zero-order valence-corrected chi connectivity index (χ0v) is 11.1. The lowest BCUT2D eigenvalue weighted by atomic mass is 10.2. The fraction of sp³-hybridized carbons (Fsp3) is 0.200. The van der Waals surface area contributed by atoms with Gasteiger partial charge in [-0.05, 0) is 12.5 Å². The number of benzene rings is 1. The molecule has 0 spiro atoms. The molecule has 100 valence electrons. The molecule has 19 heavy (non-hydrogen) atoms. The van der Waals surface area contributed by atoms with Gasteiger partial charge in [0.2, 0.25) is 5.90 Å². The van der Waals surface area contributed by atoms with Crippen molar-refractivity contribution >= 4 is 18.1 Å². The summed E-state index contributed by atoms with van der Waals surface area (Å²) in [5.41, 5.74) is 1.09. The second kappa shape index (κ2) is 8.69. The van der Waals surface area contributed by atoms with E-state index in [1.165, 1.54) is 7.11 Å². The van der Waals surface area contributed by atoms with E-state index in [9.17, 15) is 4.79 Å². The van der Waals surface area contributed by atoms with Crippen molar-refractivity contribution in [2.24, 2.45) is 4.99 Å². The van der Waals surface area contributed by atoms with Gasteiger partial charge in [0.15, 0.2) is 0 Å². The molecular weight excluding hydrogens is 242 g/mol. The van der Waals surface area contributed by atoms with E-state index in [-0.39, 0.29) is 12.5 Å². The van der Waals surface area contributed by atoms with Crippen molar-refractivity contribution in [1.82, 2.24) is 0 Å². The first kappa shape index (κ1) is 14.7. The largest absolute Gasteiger partial charge is 0.481 e. The van der Waals surface area contributed by atoms with Gasteiger partial charge in [-0.3, -0.25) is 0 Å². The molecule has 4 heteroatoms. The minimum atomic E-state index is -0.656. The van der Waals surface area contributed by atoms with Crippen LogP contribution in [0.2, 0.25) is 0 Å². The van der Waals surface area contributed by atoms with Crippen LogP contribution in [0.25, 0.3) is 6.08 Å². The maximum Gasteiger partial charge on any atom is 0.436 e. The van der Waals surface area contributed by atoms with E-state index in [1.54, 1.807) is 19.1 Å². The molecule has 1 amide bonds. The molecule has 0 saturated heterocycles. The fourth-order valence-corrected chi connectivity index (χ4v) is 1.27. The number of carbonyl (C=O) groups excluding carboxylic acids is 1. The lowest BCUT2D eigenvalue weighted by molar-refractivity contribution is 0.163. The summed E-state index contributed by atoms with van der Waals surface area (Å²) in [7, 11) is 1.45. The molecule has 0 fully saturated rings. The highest BCUT2D eigenvalue weighted by Gasteiger charge is 1.99. The second-order valence-corrected chi connectivity index (χ2v) is 3.48. The number of methoxy groups -OCH3 is 1. The summed E-state index contributed by atoms with van der Waals surface area (Å²) in [6.07, 6.45) is 6.46. The summed E-state index contributed by atoms with van der Waals surface area (Å²) in [5, 5.41) is 0. The molecule has 1 rings (SSSR count). The van der Waals surface area contributed by atoms with Gasteiger partial charge in [0, 0.05) is 6.08 Å². The molecule has 0 unspecified atom stereocenters. The van der Waals surface area contributed by atoms with Crippen LogP contribution >= 0.6 is 0 Å². The minimum absolute atomic E-state index is 0.205. The van der Waals surface area contributed by atoms with Gasteiger partial charge in [-0.2, -0.15) is 0 Å². The van der Waals surface area contributed by atoms with Crippen LogP contribution in [0.1, 0.15) is 12.5 Å². The Morgan fingerprint density at radius 2 is 2.00 bits per heavy atom. The van der Waals surface area contributed by atoms with Crippen LogP contribution in [-0.4, -0.2) is 25.7 Å². The molecule has 0 saturated carbocycles. The number of hydrogen-bond donors (Lipinski definition) is 0. The van der Waals surface area contributed by atoms with E-state index < -0.39 is 6.09 Å². The van der Waals surface area contributed by atoms with Gasteiger partial charge in [-0.25, -0.2) is 4.79 Å². The molecule has 0 bridgehead atoms. The molecule has 4 nitrogen and oxygen atoms in total. The third-order valence-corrected chi connectivity index (χ3v) is 2.12. The first-order valence-corrected chi connectivity index (χ1v) is 5.95. The van der Waals surface area contributed by atoms with Crippen molar-refractivity contribution < 1.29 is 14.3 Å². The predicted octanol–water partition coefficient (Wildman–Crippen LogP) is 3.46. The third kappa shape index (κ3) is 6.21. The Morgan fingerprint density at radius 3 is 2.63 bits per heavy atom. The maximum atomic E-state index is 11.1. The zero-order valence-electron chi connectivity index (χ0n) is 11.1. The average molecular weight is 259 g/mol. The quantitative estimate of drug-likeness (QED) is 0.472. The molecule has 1 aromatic carbocycles. The lowest BCUT2D eigenvalue weighted by Gasteiger charge is -1.98. The Kier molecular flexibility index (Phi) is 6.72. The standard InChI is InChI=1S/C15H17NO3/c1-3-19-15(17)16-14(18-2)12-8-7-11-13-9-5-4-6-10-13/h4-12H,3H2,1-2H3/b11-7+,12-8-,16-14-. The van der Waals surface area contributed by atoms with Crippen LogP contribution in [-0.2, 0) is 9.47 Å². The molecule has 0 radical (unpaired) electrons. The normalized spacial score (nSPS) is 12.0. The van der Waals surface area contributed by atoms with Crippen LogP contribution in [0.5, 0.6) is 0 Å². The number of nitrogens with zero attached hydrogens (tertiary/aromatic N) is 1. The van der Waals surface area contributed by atoms with E-state index in [1.807, 2.05) is 42.5 Å². The molecule has 0 aliphatic heterocycles. The third-order valence-electron chi connectivity index (χ3n) is 2.12. The Hall–Kier alpha value is -2.36. The second-order valence-electron chi connectivity index (χ2n) is 3.48. The van der Waals surface area contributed by atoms with E-state index in [2.05, 4.69) is 4.99 Å². The van der Waals surface area contributed by atoms with Crippen molar-refractivity contribution in [3.63, 3.8) is 0 Å². The molecule has 1 aromatic rings. The lowest BCUT2D eigenvalue weighted by Crippen LogP contribution is -2.04. The highest BCUT2D eigenvalue weighted by molar-refractivity contribution is 5.95. The predicted molar refractivity (Wildman–Crippen MR) is 76.1 cm³/mol. The first-order valence-electron chi connectivity index (χ1n) is 5.95. The summed E-state index contributed by atoms with van der Waals surface area (Å²) < 4.78 is 9.64. The SMILES string of the molecule is CCOC(=O)/N=C(/C=C\C=C\c1ccccc1)OC. The Balaban J connectivity index is 2.59. The Morgan fingerprint density at radius 1 is 1.26 bits per heavy atom. The van der Waals surface area contributed by atoms with E-state index in [0.29, 0.717) is 0 Å². The van der Waals surface area contributed by atoms with Crippen molar-refractivity contribution in [3.8, 4) is 0 Å². The topological polar surface area (TPSA) is 47.9 Å². The minimum Gasteiger partial charge on any atom is -0.481 e. The zero-order chi connectivity index (χ0) is 13.9. The smallest absolute Gasteiger partial charge is 0.436 e. The highest BCUT2D eigenvalue weighted by Crippen LogP contribution is 2.01. The Bertz CT molecular complexity index is 475. The van der Waals surface area contributed by atoms with E-state index in [0.717, 1.165) is 5.56 Å². The highest BCUT2D eigenvalue weighted by atomic mass is 16.5. The van der Waals surface area contributed by atoms with Crippen LogP contribution in [0.3, 0.4) is 0 Å². The van der Waals surface area contributed by atoms with Gasteiger partial charge in [0.05, 0.1) is 13.7 Å². The molecular formula is C15H17NO3. The summed E-state index contributed by atoms with van der Waals surface area (Å²) >= 11 is 0. The number of amides is 1. The van der Waals surface area contributed by atoms with Crippen molar-refractivity contribution in [2.45, 2.75) is 6.92 Å². The van der Waals surface area contributed by atoms with Gasteiger partial charge in [-0.15, -0.1) is 4.99 Å². The van der Waals surface area contributed by atoms with Crippen LogP contribution in [0.15, 0.2) is 53.6 Å². The molecule has 0 aliphatic carbocycles. The average Bonchev–Trinajstić information content (AvgIpc) is 2.43. The number of allylic oxidation sites excluding steroid dienone is 2. The Labute approximate surface area is 113 Å². The summed E-state index contributed by atoms with van der Waals surface area (Å²) in [4.78, 5) is 14.8. The van der Waals surface area contributed by atoms with Gasteiger partial charge >= 0.3 is 6.09 Å². The number of carbonyl (C=O) groups is 1. The van der Waals surface area contributed by atoms with Crippen molar-refractivity contribution in [3.05, 3.63) is 54.1 Å². The van der Waals surface area contributed by atoms with Gasteiger partial charge in [-0.1, -0.05) is 48.6 Å². The fourth-order valence-electron chi connectivity index (χ4n) is 1.27. The summed E-state index contributed by atoms with van der Waals surface area (Å²) in [5.74, 6) is 0.205. The molecule has 0 aliphatic rings. The first-order chi connectivity index (χ1) is 9.26. The van der Waals surface area contributed by atoms with Gasteiger partial charge < -0.3 is 9.47 Å². The van der Waals surface area contributed by atoms with Gasteiger partial charge in [0.25, 0.3) is 0 Å². The molecule has 0 atom stereocenters. The molecule has 0 aromatic heterocycles. The number of rotatable bonds is 4. The number of hydrogen-bond acceptors (Lipinski definition) is 3. The number of aliphatic imine (C=N–C) groups is 1. The van der Waals surface area contributed by atoms with Crippen molar-refractivity contribution in [1.29, 1.82) is 0 Å². The maximum absolute atomic E-state index is 11.1. The molecule has 0 N–H and O–H groups in total. The van der Waals surface area contributed by atoms with Crippen LogP contribution in [0.4, 0.5) is 4.79 Å².